The summed E-state index contributed by atoms with van der Waals surface area (Å²) in [6.45, 7) is 5.77. The fourth-order valence-electron chi connectivity index (χ4n) is 2.30. The zero-order valence-corrected chi connectivity index (χ0v) is 12.0. The average molecular weight is 283 g/mol. The van der Waals surface area contributed by atoms with E-state index in [0.29, 0.717) is 16.3 Å². The predicted octanol–water partition coefficient (Wildman–Crippen LogP) is 1.76. The van der Waals surface area contributed by atoms with Gasteiger partial charge in [0.2, 0.25) is 11.6 Å². The number of rotatable bonds is 3. The molecule has 104 valence electrons. The fraction of sp³-hybridized carbons (Fsp3) is 0.636. The Morgan fingerprint density at radius 3 is 2.58 bits per heavy atom. The monoisotopic (exact) mass is 283 g/mol. The van der Waals surface area contributed by atoms with Crippen molar-refractivity contribution in [2.75, 3.05) is 30.4 Å². The molecule has 1 N–H and O–H groups in total. The average Bonchev–Trinajstić information content (AvgIpc) is 2.36. The van der Waals surface area contributed by atoms with E-state index in [2.05, 4.69) is 29.1 Å². The SMILES string of the molecule is CNc1ncnc(N2CC(C)SC(C)C2)c1[N+](=O)[O-]. The molecular weight excluding hydrogens is 266 g/mol. The Bertz CT molecular complexity index is 474. The lowest BCUT2D eigenvalue weighted by Crippen LogP contribution is -2.41. The van der Waals surface area contributed by atoms with Crippen molar-refractivity contribution in [3.05, 3.63) is 16.4 Å². The first-order chi connectivity index (χ1) is 9.02. The van der Waals surface area contributed by atoms with Gasteiger partial charge in [0.1, 0.15) is 6.33 Å². The molecule has 1 aromatic rings. The van der Waals surface area contributed by atoms with Crippen LogP contribution in [0.2, 0.25) is 0 Å². The van der Waals surface area contributed by atoms with Crippen molar-refractivity contribution in [1.82, 2.24) is 9.97 Å². The van der Waals surface area contributed by atoms with Crippen LogP contribution in [-0.2, 0) is 0 Å². The van der Waals surface area contributed by atoms with Gasteiger partial charge in [-0.2, -0.15) is 11.8 Å². The highest BCUT2D eigenvalue weighted by molar-refractivity contribution is 8.00. The van der Waals surface area contributed by atoms with E-state index in [1.54, 1.807) is 7.05 Å². The second-order valence-corrected chi connectivity index (χ2v) is 6.45. The van der Waals surface area contributed by atoms with Gasteiger partial charge in [0.25, 0.3) is 0 Å². The molecule has 0 bridgehead atoms. The van der Waals surface area contributed by atoms with Gasteiger partial charge in [-0.3, -0.25) is 10.1 Å². The number of aromatic nitrogens is 2. The van der Waals surface area contributed by atoms with Gasteiger partial charge >= 0.3 is 5.69 Å². The summed E-state index contributed by atoms with van der Waals surface area (Å²) in [5.74, 6) is 0.664. The molecule has 1 aromatic heterocycles. The van der Waals surface area contributed by atoms with Crippen LogP contribution in [0.5, 0.6) is 0 Å². The van der Waals surface area contributed by atoms with Crippen molar-refractivity contribution in [1.29, 1.82) is 0 Å². The molecule has 1 aliphatic heterocycles. The van der Waals surface area contributed by atoms with Crippen LogP contribution in [0.4, 0.5) is 17.3 Å². The highest BCUT2D eigenvalue weighted by Gasteiger charge is 2.31. The summed E-state index contributed by atoms with van der Waals surface area (Å²) in [4.78, 5) is 20.9. The molecule has 0 saturated carbocycles. The summed E-state index contributed by atoms with van der Waals surface area (Å²) >= 11 is 1.89. The smallest absolute Gasteiger partial charge is 0.353 e. The highest BCUT2D eigenvalue weighted by Crippen LogP contribution is 2.35. The van der Waals surface area contributed by atoms with E-state index in [0.717, 1.165) is 13.1 Å². The fourth-order valence-corrected chi connectivity index (χ4v) is 3.63. The molecule has 1 saturated heterocycles. The Morgan fingerprint density at radius 2 is 2.05 bits per heavy atom. The molecule has 0 aliphatic carbocycles. The van der Waals surface area contributed by atoms with Gasteiger partial charge < -0.3 is 10.2 Å². The number of hydrogen-bond acceptors (Lipinski definition) is 7. The third-order valence-corrected chi connectivity index (χ3v) is 4.17. The second kappa shape index (κ2) is 5.60. The molecule has 1 aliphatic rings. The van der Waals surface area contributed by atoms with Crippen LogP contribution < -0.4 is 10.2 Å². The largest absolute Gasteiger partial charge is 0.367 e. The summed E-state index contributed by atoms with van der Waals surface area (Å²) in [5, 5.41) is 14.9. The molecule has 0 spiro atoms. The molecule has 7 nitrogen and oxygen atoms in total. The van der Waals surface area contributed by atoms with Gasteiger partial charge in [0.05, 0.1) is 4.92 Å². The molecule has 1 fully saturated rings. The van der Waals surface area contributed by atoms with Crippen LogP contribution in [0.3, 0.4) is 0 Å². The van der Waals surface area contributed by atoms with Crippen molar-refractivity contribution < 1.29 is 4.92 Å². The Kier molecular flexibility index (Phi) is 4.08. The van der Waals surface area contributed by atoms with E-state index >= 15 is 0 Å². The van der Waals surface area contributed by atoms with Crippen LogP contribution in [0.15, 0.2) is 6.33 Å². The lowest BCUT2D eigenvalue weighted by Gasteiger charge is -2.35. The standard InChI is InChI=1S/C11H17N5O2S/c1-7-4-15(5-8(2)19-7)11-9(16(17)18)10(12-3)13-6-14-11/h6-8H,4-5H2,1-3H3,(H,12,13,14). The Balaban J connectivity index is 2.41. The first kappa shape index (κ1) is 13.9. The maximum atomic E-state index is 11.3. The van der Waals surface area contributed by atoms with Crippen LogP contribution in [0, 0.1) is 10.1 Å². The van der Waals surface area contributed by atoms with Gasteiger partial charge in [-0.15, -0.1) is 0 Å². The van der Waals surface area contributed by atoms with Crippen molar-refractivity contribution in [2.24, 2.45) is 0 Å². The minimum Gasteiger partial charge on any atom is -0.367 e. The summed E-state index contributed by atoms with van der Waals surface area (Å²) < 4.78 is 0. The zero-order chi connectivity index (χ0) is 14.0. The Hall–Kier alpha value is -1.57. The van der Waals surface area contributed by atoms with Gasteiger partial charge in [0.15, 0.2) is 0 Å². The van der Waals surface area contributed by atoms with Gasteiger partial charge in [0, 0.05) is 30.6 Å². The topological polar surface area (TPSA) is 84.2 Å². The van der Waals surface area contributed by atoms with Crippen molar-refractivity contribution in [3.63, 3.8) is 0 Å². The molecule has 2 atom stereocenters. The lowest BCUT2D eigenvalue weighted by molar-refractivity contribution is -0.383. The summed E-state index contributed by atoms with van der Waals surface area (Å²) in [6, 6.07) is 0. The quantitative estimate of drug-likeness (QED) is 0.668. The molecular formula is C11H17N5O2S. The normalized spacial score (nSPS) is 23.2. The number of nitro groups is 1. The van der Waals surface area contributed by atoms with E-state index in [1.807, 2.05) is 16.7 Å². The lowest BCUT2D eigenvalue weighted by atomic mass is 10.3. The van der Waals surface area contributed by atoms with Crippen molar-refractivity contribution in [2.45, 2.75) is 24.3 Å². The van der Waals surface area contributed by atoms with Crippen molar-refractivity contribution in [3.8, 4) is 0 Å². The van der Waals surface area contributed by atoms with Gasteiger partial charge in [-0.1, -0.05) is 13.8 Å². The predicted molar refractivity (Wildman–Crippen MR) is 77.0 cm³/mol. The molecule has 19 heavy (non-hydrogen) atoms. The minimum atomic E-state index is -0.418. The molecule has 0 radical (unpaired) electrons. The maximum Gasteiger partial charge on any atom is 0.353 e. The molecule has 2 unspecified atom stereocenters. The molecule has 0 aromatic carbocycles. The second-order valence-electron chi connectivity index (χ2n) is 4.56. The minimum absolute atomic E-state index is 0.0451. The number of anilines is 2. The first-order valence-corrected chi connectivity index (χ1v) is 7.04. The number of thioether (sulfide) groups is 1. The molecule has 2 heterocycles. The van der Waals surface area contributed by atoms with Crippen molar-refractivity contribution >= 4 is 29.1 Å². The number of hydrogen-bond donors (Lipinski definition) is 1. The van der Waals surface area contributed by atoms with E-state index in [-0.39, 0.29) is 11.5 Å². The maximum absolute atomic E-state index is 11.3. The van der Waals surface area contributed by atoms with E-state index < -0.39 is 4.92 Å². The number of nitrogens with one attached hydrogen (secondary N) is 1. The van der Waals surface area contributed by atoms with Crippen LogP contribution in [0.25, 0.3) is 0 Å². The Morgan fingerprint density at radius 1 is 1.42 bits per heavy atom. The van der Waals surface area contributed by atoms with Crippen LogP contribution >= 0.6 is 11.8 Å². The molecule has 8 heteroatoms. The van der Waals surface area contributed by atoms with E-state index in [4.69, 9.17) is 0 Å². The zero-order valence-electron chi connectivity index (χ0n) is 11.2. The summed E-state index contributed by atoms with van der Waals surface area (Å²) in [7, 11) is 1.62. The summed E-state index contributed by atoms with van der Waals surface area (Å²) in [5.41, 5.74) is -0.0451. The first-order valence-electron chi connectivity index (χ1n) is 6.10. The van der Waals surface area contributed by atoms with E-state index in [9.17, 15) is 10.1 Å². The third kappa shape index (κ3) is 2.89. The van der Waals surface area contributed by atoms with Crippen LogP contribution in [-0.4, -0.2) is 45.5 Å². The molecule has 2 rings (SSSR count). The number of nitrogens with zero attached hydrogens (tertiary/aromatic N) is 4. The highest BCUT2D eigenvalue weighted by atomic mass is 32.2. The van der Waals surface area contributed by atoms with Crippen LogP contribution in [0.1, 0.15) is 13.8 Å². The molecule has 0 amide bonds. The summed E-state index contributed by atoms with van der Waals surface area (Å²) in [6.07, 6.45) is 1.37. The van der Waals surface area contributed by atoms with Gasteiger partial charge in [-0.25, -0.2) is 9.97 Å². The van der Waals surface area contributed by atoms with Gasteiger partial charge in [-0.05, 0) is 0 Å². The third-order valence-electron chi connectivity index (χ3n) is 2.94. The van der Waals surface area contributed by atoms with E-state index in [1.165, 1.54) is 6.33 Å². The Labute approximate surface area is 116 Å².